The van der Waals surface area contributed by atoms with Crippen molar-refractivity contribution in [2.75, 3.05) is 6.61 Å². The van der Waals surface area contributed by atoms with Crippen LogP contribution in [-0.4, -0.2) is 21.3 Å². The van der Waals surface area contributed by atoms with Crippen molar-refractivity contribution >= 4 is 0 Å². The zero-order valence-corrected chi connectivity index (χ0v) is 8.69. The SMILES string of the molecule is CCCCCn1cncc1C(N)CO. The standard InChI is InChI=1S/C10H19N3O/c1-2-3-4-5-13-8-12-6-10(13)9(11)7-14/h6,8-9,14H,2-5,7,11H2,1H3. The zero-order valence-electron chi connectivity index (χ0n) is 8.69. The Morgan fingerprint density at radius 2 is 2.36 bits per heavy atom. The van der Waals surface area contributed by atoms with Gasteiger partial charge in [-0.2, -0.15) is 0 Å². The summed E-state index contributed by atoms with van der Waals surface area (Å²) < 4.78 is 2.02. The third-order valence-electron chi connectivity index (χ3n) is 2.32. The average molecular weight is 197 g/mol. The molecule has 0 spiro atoms. The largest absolute Gasteiger partial charge is 0.394 e. The number of nitrogens with zero attached hydrogens (tertiary/aromatic N) is 2. The maximum absolute atomic E-state index is 8.94. The summed E-state index contributed by atoms with van der Waals surface area (Å²) in [6.07, 6.45) is 7.06. The molecule has 80 valence electrons. The zero-order chi connectivity index (χ0) is 10.4. The number of nitrogens with two attached hydrogens (primary N) is 1. The summed E-state index contributed by atoms with van der Waals surface area (Å²) in [7, 11) is 0. The first-order chi connectivity index (χ1) is 6.79. The average Bonchev–Trinajstić information content (AvgIpc) is 2.65. The molecule has 1 rings (SSSR count). The van der Waals surface area contributed by atoms with E-state index < -0.39 is 0 Å². The van der Waals surface area contributed by atoms with Crippen LogP contribution in [0.3, 0.4) is 0 Å². The van der Waals surface area contributed by atoms with Gasteiger partial charge in [0.05, 0.1) is 24.7 Å². The van der Waals surface area contributed by atoms with Crippen molar-refractivity contribution in [1.29, 1.82) is 0 Å². The lowest BCUT2D eigenvalue weighted by molar-refractivity contribution is 0.263. The summed E-state index contributed by atoms with van der Waals surface area (Å²) in [6, 6.07) is -0.306. The predicted octanol–water partition coefficient (Wildman–Crippen LogP) is 1.07. The van der Waals surface area contributed by atoms with E-state index in [0.29, 0.717) is 0 Å². The van der Waals surface area contributed by atoms with Crippen molar-refractivity contribution in [3.63, 3.8) is 0 Å². The number of hydrogen-bond acceptors (Lipinski definition) is 3. The van der Waals surface area contributed by atoms with Crippen LogP contribution in [0, 0.1) is 0 Å². The van der Waals surface area contributed by atoms with E-state index in [0.717, 1.165) is 18.7 Å². The van der Waals surface area contributed by atoms with Crippen LogP contribution in [0.15, 0.2) is 12.5 Å². The van der Waals surface area contributed by atoms with Gasteiger partial charge in [-0.25, -0.2) is 4.98 Å². The monoisotopic (exact) mass is 197 g/mol. The Hall–Kier alpha value is -0.870. The van der Waals surface area contributed by atoms with Crippen molar-refractivity contribution in [2.24, 2.45) is 5.73 Å². The number of imidazole rings is 1. The van der Waals surface area contributed by atoms with E-state index in [4.69, 9.17) is 10.8 Å². The number of aryl methyl sites for hydroxylation is 1. The molecule has 0 amide bonds. The number of aliphatic hydroxyl groups excluding tert-OH is 1. The van der Waals surface area contributed by atoms with Gasteiger partial charge in [0.25, 0.3) is 0 Å². The van der Waals surface area contributed by atoms with Gasteiger partial charge in [0.1, 0.15) is 0 Å². The van der Waals surface area contributed by atoms with Gasteiger partial charge in [0, 0.05) is 12.7 Å². The lowest BCUT2D eigenvalue weighted by Crippen LogP contribution is -2.18. The van der Waals surface area contributed by atoms with E-state index >= 15 is 0 Å². The molecular weight excluding hydrogens is 178 g/mol. The van der Waals surface area contributed by atoms with Crippen molar-refractivity contribution in [3.05, 3.63) is 18.2 Å². The Labute approximate surface area is 84.8 Å². The fraction of sp³-hybridized carbons (Fsp3) is 0.700. The Morgan fingerprint density at radius 3 is 3.00 bits per heavy atom. The molecule has 4 nitrogen and oxygen atoms in total. The molecule has 1 heterocycles. The lowest BCUT2D eigenvalue weighted by atomic mass is 10.2. The molecule has 1 aromatic heterocycles. The molecule has 0 saturated heterocycles. The molecule has 0 aliphatic heterocycles. The molecule has 1 aromatic rings. The second-order valence-corrected chi connectivity index (χ2v) is 3.51. The first-order valence-electron chi connectivity index (χ1n) is 5.16. The molecule has 1 atom stereocenters. The number of rotatable bonds is 6. The summed E-state index contributed by atoms with van der Waals surface area (Å²) in [4.78, 5) is 4.04. The number of unbranched alkanes of at least 4 members (excludes halogenated alkanes) is 2. The van der Waals surface area contributed by atoms with E-state index in [1.54, 1.807) is 12.5 Å². The van der Waals surface area contributed by atoms with E-state index in [2.05, 4.69) is 11.9 Å². The molecule has 0 aliphatic carbocycles. The van der Waals surface area contributed by atoms with Crippen LogP contribution in [0.4, 0.5) is 0 Å². The smallest absolute Gasteiger partial charge is 0.0948 e. The van der Waals surface area contributed by atoms with Gasteiger partial charge in [-0.3, -0.25) is 0 Å². The van der Waals surface area contributed by atoms with Crippen molar-refractivity contribution in [2.45, 2.75) is 38.8 Å². The molecule has 0 bridgehead atoms. The Morgan fingerprint density at radius 1 is 1.57 bits per heavy atom. The highest BCUT2D eigenvalue weighted by Gasteiger charge is 2.09. The van der Waals surface area contributed by atoms with Crippen LogP contribution >= 0.6 is 0 Å². The van der Waals surface area contributed by atoms with Gasteiger partial charge in [0.15, 0.2) is 0 Å². The van der Waals surface area contributed by atoms with E-state index in [-0.39, 0.29) is 12.6 Å². The lowest BCUT2D eigenvalue weighted by Gasteiger charge is -2.11. The molecular formula is C10H19N3O. The molecule has 3 N–H and O–H groups in total. The highest BCUT2D eigenvalue weighted by molar-refractivity contribution is 5.04. The van der Waals surface area contributed by atoms with Crippen LogP contribution in [0.5, 0.6) is 0 Å². The molecule has 1 unspecified atom stereocenters. The van der Waals surface area contributed by atoms with Crippen LogP contribution < -0.4 is 5.73 Å². The van der Waals surface area contributed by atoms with Crippen LogP contribution in [0.25, 0.3) is 0 Å². The maximum atomic E-state index is 8.94. The molecule has 4 heteroatoms. The maximum Gasteiger partial charge on any atom is 0.0948 e. The number of aliphatic hydroxyl groups is 1. The number of hydrogen-bond donors (Lipinski definition) is 2. The van der Waals surface area contributed by atoms with Crippen LogP contribution in [-0.2, 0) is 6.54 Å². The van der Waals surface area contributed by atoms with Gasteiger partial charge in [-0.15, -0.1) is 0 Å². The predicted molar refractivity (Wildman–Crippen MR) is 55.8 cm³/mol. The highest BCUT2D eigenvalue weighted by atomic mass is 16.3. The molecule has 14 heavy (non-hydrogen) atoms. The first-order valence-corrected chi connectivity index (χ1v) is 5.16. The van der Waals surface area contributed by atoms with Crippen LogP contribution in [0.2, 0.25) is 0 Å². The minimum absolute atomic E-state index is 0.0283. The number of aromatic nitrogens is 2. The van der Waals surface area contributed by atoms with E-state index in [9.17, 15) is 0 Å². The van der Waals surface area contributed by atoms with Gasteiger partial charge >= 0.3 is 0 Å². The molecule has 0 aromatic carbocycles. The van der Waals surface area contributed by atoms with Gasteiger partial charge in [-0.1, -0.05) is 19.8 Å². The minimum Gasteiger partial charge on any atom is -0.394 e. The van der Waals surface area contributed by atoms with Crippen molar-refractivity contribution < 1.29 is 5.11 Å². The van der Waals surface area contributed by atoms with E-state index in [1.807, 2.05) is 4.57 Å². The quantitative estimate of drug-likeness (QED) is 0.670. The third kappa shape index (κ3) is 2.82. The summed E-state index contributed by atoms with van der Waals surface area (Å²) >= 11 is 0. The van der Waals surface area contributed by atoms with E-state index in [1.165, 1.54) is 12.8 Å². The molecule has 0 radical (unpaired) electrons. The van der Waals surface area contributed by atoms with Gasteiger partial charge in [0.2, 0.25) is 0 Å². The fourth-order valence-corrected chi connectivity index (χ4v) is 1.45. The minimum atomic E-state index is -0.306. The summed E-state index contributed by atoms with van der Waals surface area (Å²) in [6.45, 7) is 3.09. The highest BCUT2D eigenvalue weighted by Crippen LogP contribution is 2.10. The third-order valence-corrected chi connectivity index (χ3v) is 2.32. The van der Waals surface area contributed by atoms with Crippen molar-refractivity contribution in [3.8, 4) is 0 Å². The van der Waals surface area contributed by atoms with Crippen molar-refractivity contribution in [1.82, 2.24) is 9.55 Å². The summed E-state index contributed by atoms with van der Waals surface area (Å²) in [5.74, 6) is 0. The summed E-state index contributed by atoms with van der Waals surface area (Å²) in [5, 5.41) is 8.94. The summed E-state index contributed by atoms with van der Waals surface area (Å²) in [5.41, 5.74) is 6.65. The second kappa shape index (κ2) is 5.78. The Kier molecular flexibility index (Phi) is 4.62. The Balaban J connectivity index is 2.53. The Bertz CT molecular complexity index is 260. The topological polar surface area (TPSA) is 64.1 Å². The van der Waals surface area contributed by atoms with Gasteiger partial charge < -0.3 is 15.4 Å². The second-order valence-electron chi connectivity index (χ2n) is 3.51. The first kappa shape index (κ1) is 11.2. The van der Waals surface area contributed by atoms with Gasteiger partial charge in [-0.05, 0) is 6.42 Å². The molecule has 0 saturated carbocycles. The molecule has 0 aliphatic rings. The van der Waals surface area contributed by atoms with Crippen LogP contribution in [0.1, 0.15) is 37.9 Å². The fourth-order valence-electron chi connectivity index (χ4n) is 1.45. The molecule has 0 fully saturated rings. The normalized spacial score (nSPS) is 13.1.